The molecule has 4 heteroatoms. The van der Waals surface area contributed by atoms with Gasteiger partial charge in [-0.1, -0.05) is 19.1 Å². The fourth-order valence-electron chi connectivity index (χ4n) is 2.35. The van der Waals surface area contributed by atoms with Gasteiger partial charge in [0, 0.05) is 19.5 Å². The first-order chi connectivity index (χ1) is 9.06. The van der Waals surface area contributed by atoms with Crippen LogP contribution in [0.1, 0.15) is 31.7 Å². The number of ether oxygens (including phenoxy) is 1. The molecule has 0 bridgehead atoms. The minimum atomic E-state index is -0.246. The van der Waals surface area contributed by atoms with Crippen molar-refractivity contribution in [3.63, 3.8) is 0 Å². The summed E-state index contributed by atoms with van der Waals surface area (Å²) in [5.41, 5.74) is 0.996. The Balaban J connectivity index is 1.92. The van der Waals surface area contributed by atoms with Gasteiger partial charge in [-0.05, 0) is 30.5 Å². The van der Waals surface area contributed by atoms with Crippen molar-refractivity contribution in [2.75, 3.05) is 19.7 Å². The minimum Gasteiger partial charge on any atom is -0.375 e. The van der Waals surface area contributed by atoms with Crippen molar-refractivity contribution in [3.05, 3.63) is 35.6 Å². The first-order valence-electron chi connectivity index (χ1n) is 6.71. The zero-order valence-corrected chi connectivity index (χ0v) is 11.4. The van der Waals surface area contributed by atoms with E-state index in [1.807, 2.05) is 18.7 Å². The van der Waals surface area contributed by atoms with Crippen LogP contribution in [0.15, 0.2) is 24.3 Å². The van der Waals surface area contributed by atoms with Gasteiger partial charge >= 0.3 is 0 Å². The summed E-state index contributed by atoms with van der Waals surface area (Å²) in [6.07, 6.45) is 0.567. The second-order valence-corrected chi connectivity index (χ2v) is 5.18. The van der Waals surface area contributed by atoms with Crippen LogP contribution >= 0.6 is 0 Å². The van der Waals surface area contributed by atoms with Gasteiger partial charge < -0.3 is 9.64 Å². The van der Waals surface area contributed by atoms with Gasteiger partial charge in [0.25, 0.3) is 0 Å². The predicted molar refractivity (Wildman–Crippen MR) is 71.4 cm³/mol. The lowest BCUT2D eigenvalue weighted by molar-refractivity contribution is -0.138. The van der Waals surface area contributed by atoms with E-state index in [9.17, 15) is 9.18 Å². The molecule has 0 radical (unpaired) electrons. The Kier molecular flexibility index (Phi) is 4.53. The maximum atomic E-state index is 12.9. The molecule has 2 rings (SSSR count). The molecule has 2 unspecified atom stereocenters. The number of nitrogens with zero attached hydrogens (tertiary/aromatic N) is 1. The number of carbonyl (C=O) groups is 1. The SMILES string of the molecule is CC1CN(C(=O)CC(C)c2ccc(F)cc2)CCO1. The molecule has 1 aromatic rings. The number of benzene rings is 1. The van der Waals surface area contributed by atoms with Crippen LogP contribution in [0.5, 0.6) is 0 Å². The summed E-state index contributed by atoms with van der Waals surface area (Å²) in [7, 11) is 0. The Morgan fingerprint density at radius 2 is 2.16 bits per heavy atom. The standard InChI is InChI=1S/C15H20FNO2/c1-11(13-3-5-14(16)6-4-13)9-15(18)17-7-8-19-12(2)10-17/h3-6,11-12H,7-10H2,1-2H3. The average Bonchev–Trinajstić information content (AvgIpc) is 2.39. The van der Waals surface area contributed by atoms with Crippen molar-refractivity contribution in [2.24, 2.45) is 0 Å². The van der Waals surface area contributed by atoms with E-state index in [1.165, 1.54) is 12.1 Å². The highest BCUT2D eigenvalue weighted by Gasteiger charge is 2.22. The molecule has 0 saturated carbocycles. The van der Waals surface area contributed by atoms with Gasteiger partial charge in [0.15, 0.2) is 0 Å². The smallest absolute Gasteiger partial charge is 0.223 e. The number of rotatable bonds is 3. The first kappa shape index (κ1) is 14.0. The summed E-state index contributed by atoms with van der Waals surface area (Å²) in [6, 6.07) is 6.37. The molecule has 0 N–H and O–H groups in total. The van der Waals surface area contributed by atoms with E-state index in [0.29, 0.717) is 26.1 Å². The van der Waals surface area contributed by atoms with Gasteiger partial charge in [0.2, 0.25) is 5.91 Å². The maximum absolute atomic E-state index is 12.9. The Morgan fingerprint density at radius 1 is 1.47 bits per heavy atom. The van der Waals surface area contributed by atoms with Crippen LogP contribution in [-0.4, -0.2) is 36.6 Å². The van der Waals surface area contributed by atoms with Crippen LogP contribution in [0.4, 0.5) is 4.39 Å². The number of halogens is 1. The fraction of sp³-hybridized carbons (Fsp3) is 0.533. The van der Waals surface area contributed by atoms with Crippen molar-refractivity contribution in [2.45, 2.75) is 32.3 Å². The van der Waals surface area contributed by atoms with Crippen LogP contribution in [0, 0.1) is 5.82 Å². The summed E-state index contributed by atoms with van der Waals surface area (Å²) < 4.78 is 18.3. The molecule has 1 aliphatic rings. The first-order valence-corrected chi connectivity index (χ1v) is 6.71. The zero-order chi connectivity index (χ0) is 13.8. The number of morpholine rings is 1. The lowest BCUT2D eigenvalue weighted by Crippen LogP contribution is -2.44. The molecule has 104 valence electrons. The Bertz CT molecular complexity index is 432. The second kappa shape index (κ2) is 6.15. The van der Waals surface area contributed by atoms with E-state index in [4.69, 9.17) is 4.74 Å². The molecule has 3 nitrogen and oxygen atoms in total. The molecule has 1 saturated heterocycles. The monoisotopic (exact) mass is 265 g/mol. The van der Waals surface area contributed by atoms with Gasteiger partial charge in [0.05, 0.1) is 12.7 Å². The number of amides is 1. The Hall–Kier alpha value is -1.42. The van der Waals surface area contributed by atoms with E-state index < -0.39 is 0 Å². The molecule has 19 heavy (non-hydrogen) atoms. The highest BCUT2D eigenvalue weighted by molar-refractivity contribution is 5.77. The fourth-order valence-corrected chi connectivity index (χ4v) is 2.35. The largest absolute Gasteiger partial charge is 0.375 e. The summed E-state index contributed by atoms with van der Waals surface area (Å²) >= 11 is 0. The molecule has 0 spiro atoms. The molecule has 1 heterocycles. The third-order valence-electron chi connectivity index (χ3n) is 3.51. The van der Waals surface area contributed by atoms with Crippen molar-refractivity contribution < 1.29 is 13.9 Å². The maximum Gasteiger partial charge on any atom is 0.223 e. The van der Waals surface area contributed by atoms with Crippen LogP contribution in [-0.2, 0) is 9.53 Å². The van der Waals surface area contributed by atoms with Crippen LogP contribution < -0.4 is 0 Å². The topological polar surface area (TPSA) is 29.5 Å². The lowest BCUT2D eigenvalue weighted by atomic mass is 9.97. The van der Waals surface area contributed by atoms with Gasteiger partial charge in [0.1, 0.15) is 5.82 Å². The predicted octanol–water partition coefficient (Wildman–Crippen LogP) is 2.57. The van der Waals surface area contributed by atoms with E-state index in [-0.39, 0.29) is 23.7 Å². The summed E-state index contributed by atoms with van der Waals surface area (Å²) in [6.45, 7) is 5.91. The lowest BCUT2D eigenvalue weighted by Gasteiger charge is -2.32. The van der Waals surface area contributed by atoms with Crippen LogP contribution in [0.2, 0.25) is 0 Å². The Morgan fingerprint density at radius 3 is 2.79 bits per heavy atom. The average molecular weight is 265 g/mol. The van der Waals surface area contributed by atoms with Crippen molar-refractivity contribution in [3.8, 4) is 0 Å². The normalized spacial score (nSPS) is 21.2. The van der Waals surface area contributed by atoms with E-state index >= 15 is 0 Å². The third-order valence-corrected chi connectivity index (χ3v) is 3.51. The van der Waals surface area contributed by atoms with Gasteiger partial charge in [-0.15, -0.1) is 0 Å². The van der Waals surface area contributed by atoms with Crippen molar-refractivity contribution in [1.82, 2.24) is 4.90 Å². The highest BCUT2D eigenvalue weighted by Crippen LogP contribution is 2.21. The third kappa shape index (κ3) is 3.77. The van der Waals surface area contributed by atoms with Gasteiger partial charge in [-0.25, -0.2) is 4.39 Å². The second-order valence-electron chi connectivity index (χ2n) is 5.18. The van der Waals surface area contributed by atoms with E-state index in [2.05, 4.69) is 0 Å². The Labute approximate surface area is 113 Å². The highest BCUT2D eigenvalue weighted by atomic mass is 19.1. The minimum absolute atomic E-state index is 0.103. The quantitative estimate of drug-likeness (QED) is 0.840. The molecule has 1 fully saturated rings. The van der Waals surface area contributed by atoms with Gasteiger partial charge in [-0.2, -0.15) is 0 Å². The molecule has 1 aromatic carbocycles. The molecular formula is C15H20FNO2. The number of carbonyl (C=O) groups excluding carboxylic acids is 1. The molecule has 1 amide bonds. The van der Waals surface area contributed by atoms with E-state index in [0.717, 1.165) is 5.56 Å². The number of hydrogen-bond donors (Lipinski definition) is 0. The van der Waals surface area contributed by atoms with Gasteiger partial charge in [-0.3, -0.25) is 4.79 Å². The molecule has 0 aromatic heterocycles. The number of hydrogen-bond acceptors (Lipinski definition) is 2. The summed E-state index contributed by atoms with van der Waals surface area (Å²) in [5.74, 6) is 0.00232. The van der Waals surface area contributed by atoms with Crippen molar-refractivity contribution >= 4 is 5.91 Å². The van der Waals surface area contributed by atoms with Crippen LogP contribution in [0.25, 0.3) is 0 Å². The summed E-state index contributed by atoms with van der Waals surface area (Å²) in [5, 5.41) is 0. The molecule has 1 aliphatic heterocycles. The van der Waals surface area contributed by atoms with Crippen LogP contribution in [0.3, 0.4) is 0 Å². The zero-order valence-electron chi connectivity index (χ0n) is 11.4. The van der Waals surface area contributed by atoms with Crippen molar-refractivity contribution in [1.29, 1.82) is 0 Å². The molecule has 2 atom stereocenters. The summed E-state index contributed by atoms with van der Waals surface area (Å²) in [4.78, 5) is 14.0. The molecule has 0 aliphatic carbocycles. The molecular weight excluding hydrogens is 245 g/mol. The van der Waals surface area contributed by atoms with E-state index in [1.54, 1.807) is 12.1 Å².